The van der Waals surface area contributed by atoms with E-state index >= 15 is 0 Å². The molecule has 7 rings (SSSR count). The summed E-state index contributed by atoms with van der Waals surface area (Å²) in [6.45, 7) is 8.93. The van der Waals surface area contributed by atoms with Crippen LogP contribution in [0.25, 0.3) is 0 Å². The van der Waals surface area contributed by atoms with Crippen LogP contribution in [-0.4, -0.2) is 59.8 Å². The lowest BCUT2D eigenvalue weighted by Crippen LogP contribution is -2.76. The van der Waals surface area contributed by atoms with E-state index in [1.807, 2.05) is 27.7 Å². The van der Waals surface area contributed by atoms with E-state index in [2.05, 4.69) is 0 Å². The number of furan rings is 1. The zero-order valence-corrected chi connectivity index (χ0v) is 22.1. The summed E-state index contributed by atoms with van der Waals surface area (Å²) < 4.78 is 35.7. The second kappa shape index (κ2) is 7.07. The van der Waals surface area contributed by atoms with Crippen molar-refractivity contribution >= 4 is 23.7 Å². The van der Waals surface area contributed by atoms with Crippen molar-refractivity contribution < 1.29 is 47.3 Å². The number of epoxide rings is 1. The van der Waals surface area contributed by atoms with E-state index in [9.17, 15) is 19.2 Å². The molecule has 10 heteroatoms. The minimum Gasteiger partial charge on any atom is -0.472 e. The van der Waals surface area contributed by atoms with Crippen LogP contribution < -0.4 is 0 Å². The van der Waals surface area contributed by atoms with Crippen molar-refractivity contribution in [3.05, 3.63) is 24.2 Å². The predicted octanol–water partition coefficient (Wildman–Crippen LogP) is 2.68. The number of fused-ring (bicyclic) bond motifs is 1. The molecule has 1 aromatic rings. The molecule has 204 valence electrons. The van der Waals surface area contributed by atoms with Crippen molar-refractivity contribution in [2.24, 2.45) is 28.1 Å². The molecule has 10 atom stereocenters. The van der Waals surface area contributed by atoms with Gasteiger partial charge in [0.2, 0.25) is 0 Å². The molecule has 1 aromatic heterocycles. The minimum absolute atomic E-state index is 0.0434. The highest BCUT2D eigenvalue weighted by atomic mass is 16.7. The van der Waals surface area contributed by atoms with Gasteiger partial charge in [-0.2, -0.15) is 0 Å². The van der Waals surface area contributed by atoms with Gasteiger partial charge in [0, 0.05) is 29.2 Å². The Labute approximate surface area is 219 Å². The third-order valence-corrected chi connectivity index (χ3v) is 11.0. The lowest BCUT2D eigenvalue weighted by Gasteiger charge is -2.65. The molecule has 10 nitrogen and oxygen atoms in total. The highest BCUT2D eigenvalue weighted by Crippen LogP contribution is 2.79. The molecule has 4 aliphatic heterocycles. The Kier molecular flexibility index (Phi) is 4.53. The van der Waals surface area contributed by atoms with Gasteiger partial charge >= 0.3 is 17.9 Å². The number of hydrogen-bond donors (Lipinski definition) is 0. The Bertz CT molecular complexity index is 1270. The summed E-state index contributed by atoms with van der Waals surface area (Å²) >= 11 is 0. The predicted molar refractivity (Wildman–Crippen MR) is 125 cm³/mol. The smallest absolute Gasteiger partial charge is 0.339 e. The van der Waals surface area contributed by atoms with E-state index in [-0.39, 0.29) is 30.7 Å². The molecule has 6 fully saturated rings. The molecule has 2 aliphatic carbocycles. The Morgan fingerprint density at radius 2 is 1.84 bits per heavy atom. The number of Topliss-reactive ketones (excluding diaryl/α,β-unsaturated/α-hetero) is 1. The normalized spacial score (nSPS) is 49.9. The van der Waals surface area contributed by atoms with Crippen LogP contribution in [-0.2, 0) is 42.9 Å². The maximum atomic E-state index is 14.8. The molecule has 0 bridgehead atoms. The lowest BCUT2D eigenvalue weighted by molar-refractivity contribution is -0.240. The number of ether oxygens (including phenoxy) is 5. The molecule has 2 spiro atoms. The molecule has 0 unspecified atom stereocenters. The standard InChI is InChI=1S/C28H32O10/c1-13(29)35-18-19-24(2,3)37-16-10-17(30)34-12-27(16,19)15-6-8-25(4)21(14-7-9-33-11-14)36-23(32)22-28(25,38-22)26(15,5)20(18)31/h7,9,11,15-16,18-19,21-22H,6,8,10,12H2,1-5H3/t15-,16-,18-,19-,21-,22-,25+,26-,27+,28+/m0/s1. The summed E-state index contributed by atoms with van der Waals surface area (Å²) in [5.74, 6) is -2.65. The Hall–Kier alpha value is -2.72. The van der Waals surface area contributed by atoms with Crippen molar-refractivity contribution in [1.82, 2.24) is 0 Å². The maximum Gasteiger partial charge on any atom is 0.339 e. The summed E-state index contributed by atoms with van der Waals surface area (Å²) in [7, 11) is 0. The summed E-state index contributed by atoms with van der Waals surface area (Å²) in [6.07, 6.45) is 0.994. The van der Waals surface area contributed by atoms with Crippen LogP contribution in [0, 0.1) is 28.1 Å². The summed E-state index contributed by atoms with van der Waals surface area (Å²) in [5, 5.41) is 0. The average molecular weight is 529 g/mol. The molecule has 6 aliphatic rings. The quantitative estimate of drug-likeness (QED) is 0.321. The molecule has 38 heavy (non-hydrogen) atoms. The SMILES string of the molecule is CC(=O)O[C@@H]1C(=O)[C@]2(C)[C@H](CC[C@]3(C)[C@H](c4ccoc4)OC(=O)[C@@H]4O[C@]432)[C@]23COC(=O)C[C@@H]2OC(C)(C)[C@H]13. The Morgan fingerprint density at radius 1 is 1.08 bits per heavy atom. The van der Waals surface area contributed by atoms with E-state index in [1.165, 1.54) is 13.2 Å². The average Bonchev–Trinajstić information content (AvgIpc) is 3.31. The van der Waals surface area contributed by atoms with Gasteiger partial charge in [0.05, 0.1) is 36.1 Å². The van der Waals surface area contributed by atoms with Gasteiger partial charge in [0.25, 0.3) is 0 Å². The van der Waals surface area contributed by atoms with Crippen LogP contribution in [0.5, 0.6) is 0 Å². The highest BCUT2D eigenvalue weighted by molar-refractivity contribution is 5.97. The zero-order valence-electron chi connectivity index (χ0n) is 22.1. The van der Waals surface area contributed by atoms with Crippen LogP contribution in [0.4, 0.5) is 0 Å². The first-order valence-electron chi connectivity index (χ1n) is 13.3. The Morgan fingerprint density at radius 3 is 2.53 bits per heavy atom. The van der Waals surface area contributed by atoms with Crippen LogP contribution in [0.15, 0.2) is 23.0 Å². The molecular formula is C28H32O10. The lowest BCUT2D eigenvalue weighted by atomic mass is 9.36. The van der Waals surface area contributed by atoms with Gasteiger partial charge in [-0.25, -0.2) is 4.79 Å². The fraction of sp³-hybridized carbons (Fsp3) is 0.714. The van der Waals surface area contributed by atoms with E-state index in [4.69, 9.17) is 28.1 Å². The second-order valence-electron chi connectivity index (χ2n) is 12.9. The third kappa shape index (κ3) is 2.48. The number of ketones is 1. The highest BCUT2D eigenvalue weighted by Gasteiger charge is 2.91. The Balaban J connectivity index is 1.45. The maximum absolute atomic E-state index is 14.8. The number of carbonyl (C=O) groups excluding carboxylic acids is 4. The van der Waals surface area contributed by atoms with Crippen LogP contribution in [0.2, 0.25) is 0 Å². The fourth-order valence-electron chi connectivity index (χ4n) is 9.78. The van der Waals surface area contributed by atoms with Gasteiger partial charge in [-0.15, -0.1) is 0 Å². The fourth-order valence-corrected chi connectivity index (χ4v) is 9.78. The van der Waals surface area contributed by atoms with Crippen molar-refractivity contribution in [3.63, 3.8) is 0 Å². The zero-order chi connectivity index (χ0) is 27.0. The van der Waals surface area contributed by atoms with E-state index in [0.29, 0.717) is 18.4 Å². The molecule has 5 heterocycles. The second-order valence-corrected chi connectivity index (χ2v) is 12.9. The number of cyclic esters (lactones) is 2. The first-order chi connectivity index (χ1) is 17.8. The van der Waals surface area contributed by atoms with Crippen molar-refractivity contribution in [3.8, 4) is 0 Å². The molecule has 0 radical (unpaired) electrons. The third-order valence-electron chi connectivity index (χ3n) is 11.0. The summed E-state index contributed by atoms with van der Waals surface area (Å²) in [6, 6.07) is 1.76. The van der Waals surface area contributed by atoms with Gasteiger partial charge in [0.15, 0.2) is 18.0 Å². The number of esters is 3. The van der Waals surface area contributed by atoms with E-state index in [1.54, 1.807) is 12.3 Å². The topological polar surface area (TPSA) is 131 Å². The largest absolute Gasteiger partial charge is 0.472 e. The van der Waals surface area contributed by atoms with Gasteiger partial charge in [-0.05, 0) is 45.6 Å². The van der Waals surface area contributed by atoms with Gasteiger partial charge in [-0.3, -0.25) is 14.4 Å². The van der Waals surface area contributed by atoms with Crippen LogP contribution in [0.1, 0.15) is 65.5 Å². The van der Waals surface area contributed by atoms with Gasteiger partial charge in [0.1, 0.15) is 18.3 Å². The van der Waals surface area contributed by atoms with Gasteiger partial charge in [-0.1, -0.05) is 6.92 Å². The minimum atomic E-state index is -1.26. The molecule has 4 saturated heterocycles. The first-order valence-corrected chi connectivity index (χ1v) is 13.3. The van der Waals surface area contributed by atoms with E-state index in [0.717, 1.165) is 0 Å². The molecule has 2 saturated carbocycles. The van der Waals surface area contributed by atoms with Crippen molar-refractivity contribution in [2.75, 3.05) is 6.61 Å². The monoisotopic (exact) mass is 528 g/mol. The van der Waals surface area contributed by atoms with Crippen LogP contribution >= 0.6 is 0 Å². The van der Waals surface area contributed by atoms with Gasteiger partial charge < -0.3 is 28.1 Å². The molecule has 0 aromatic carbocycles. The number of rotatable bonds is 2. The van der Waals surface area contributed by atoms with Crippen LogP contribution in [0.3, 0.4) is 0 Å². The molecular weight excluding hydrogens is 496 g/mol. The summed E-state index contributed by atoms with van der Waals surface area (Å²) in [5.41, 5.74) is -4.21. The number of hydrogen-bond acceptors (Lipinski definition) is 10. The van der Waals surface area contributed by atoms with Crippen molar-refractivity contribution in [1.29, 1.82) is 0 Å². The summed E-state index contributed by atoms with van der Waals surface area (Å²) in [4.78, 5) is 53.0. The van der Waals surface area contributed by atoms with E-state index < -0.39 is 69.7 Å². The van der Waals surface area contributed by atoms with Crippen molar-refractivity contribution in [2.45, 2.75) is 89.5 Å². The number of carbonyl (C=O) groups is 4. The molecule has 0 amide bonds. The first kappa shape index (κ1) is 24.3. The molecule has 0 N–H and O–H groups in total.